The molecule has 0 saturated carbocycles. The topological polar surface area (TPSA) is 59.6 Å². The molecule has 8 heteroatoms. The first-order valence-electron chi connectivity index (χ1n) is 6.37. The minimum absolute atomic E-state index is 0.106. The summed E-state index contributed by atoms with van der Waals surface area (Å²) >= 11 is 14.5. The average molecular weight is 416 g/mol. The summed E-state index contributed by atoms with van der Waals surface area (Å²) in [6.45, 7) is 0. The molecule has 0 aliphatic rings. The largest absolute Gasteiger partial charge is 0.456 e. The lowest BCUT2D eigenvalue weighted by atomic mass is 10.3. The molecule has 0 radical (unpaired) electrons. The van der Waals surface area contributed by atoms with Crippen molar-refractivity contribution in [2.45, 2.75) is 0 Å². The van der Waals surface area contributed by atoms with Gasteiger partial charge in [0.15, 0.2) is 5.11 Å². The van der Waals surface area contributed by atoms with Crippen molar-refractivity contribution in [3.8, 4) is 11.5 Å². The van der Waals surface area contributed by atoms with Crippen LogP contribution in [0.5, 0.6) is 11.5 Å². The molecule has 2 N–H and O–H groups in total. The quantitative estimate of drug-likeness (QED) is 0.695. The van der Waals surface area contributed by atoms with E-state index in [1.54, 1.807) is 18.2 Å². The number of alkyl carbamates (subject to hydrolysis) is 1. The van der Waals surface area contributed by atoms with E-state index in [1.165, 1.54) is 7.11 Å². The highest BCUT2D eigenvalue weighted by atomic mass is 79.9. The van der Waals surface area contributed by atoms with Crippen LogP contribution in [0.15, 0.2) is 46.9 Å². The first-order valence-corrected chi connectivity index (χ1v) is 7.95. The molecule has 0 unspecified atom stereocenters. The maximum Gasteiger partial charge on any atom is 0.413 e. The second-order valence-corrected chi connectivity index (χ2v) is 6.00. The van der Waals surface area contributed by atoms with Gasteiger partial charge < -0.3 is 14.8 Å². The first kappa shape index (κ1) is 17.5. The van der Waals surface area contributed by atoms with E-state index >= 15 is 0 Å². The summed E-state index contributed by atoms with van der Waals surface area (Å²) in [6, 6.07) is 12.5. The van der Waals surface area contributed by atoms with Crippen molar-refractivity contribution in [3.63, 3.8) is 0 Å². The number of benzene rings is 2. The van der Waals surface area contributed by atoms with Gasteiger partial charge in [-0.3, -0.25) is 5.32 Å². The Labute approximate surface area is 152 Å². The van der Waals surface area contributed by atoms with E-state index in [1.807, 2.05) is 24.3 Å². The van der Waals surface area contributed by atoms with Crippen molar-refractivity contribution < 1.29 is 14.3 Å². The zero-order chi connectivity index (χ0) is 16.8. The lowest BCUT2D eigenvalue weighted by Crippen LogP contribution is -2.33. The van der Waals surface area contributed by atoms with Gasteiger partial charge in [-0.25, -0.2) is 4.79 Å². The standard InChI is InChI=1S/C15H12BrClN2O3S/c1-21-15(20)19-14(23)18-10-4-7-13(12(17)8-10)22-11-5-2-9(16)3-6-11/h2-8H,1H3,(H2,18,19,20,23). The Kier molecular flexibility index (Phi) is 6.20. The predicted octanol–water partition coefficient (Wildman–Crippen LogP) is 4.95. The number of hydrogen-bond donors (Lipinski definition) is 2. The lowest BCUT2D eigenvalue weighted by molar-refractivity contribution is 0.177. The molecule has 0 saturated heterocycles. The Bertz CT molecular complexity index is 725. The Morgan fingerprint density at radius 2 is 1.91 bits per heavy atom. The molecule has 0 aliphatic heterocycles. The van der Waals surface area contributed by atoms with Crippen LogP contribution in [-0.2, 0) is 4.74 Å². The summed E-state index contributed by atoms with van der Waals surface area (Å²) in [4.78, 5) is 11.1. The number of hydrogen-bond acceptors (Lipinski definition) is 4. The molecular formula is C15H12BrClN2O3S. The van der Waals surface area contributed by atoms with Crippen LogP contribution < -0.4 is 15.4 Å². The third-order valence-electron chi connectivity index (χ3n) is 2.63. The van der Waals surface area contributed by atoms with Crippen LogP contribution in [0.4, 0.5) is 10.5 Å². The monoisotopic (exact) mass is 414 g/mol. The summed E-state index contributed by atoms with van der Waals surface area (Å²) in [7, 11) is 1.25. The molecule has 120 valence electrons. The van der Waals surface area contributed by atoms with Crippen molar-refractivity contribution in [1.82, 2.24) is 5.32 Å². The van der Waals surface area contributed by atoms with Gasteiger partial charge in [0.25, 0.3) is 0 Å². The normalized spacial score (nSPS) is 9.87. The fourth-order valence-corrected chi connectivity index (χ4v) is 2.28. The third-order valence-corrected chi connectivity index (χ3v) is 3.66. The molecule has 2 aromatic carbocycles. The highest BCUT2D eigenvalue weighted by Crippen LogP contribution is 2.32. The van der Waals surface area contributed by atoms with Gasteiger partial charge in [-0.15, -0.1) is 0 Å². The van der Waals surface area contributed by atoms with Gasteiger partial charge in [0.05, 0.1) is 12.1 Å². The number of methoxy groups -OCH3 is 1. The molecule has 0 fully saturated rings. The number of halogens is 2. The number of thiocarbonyl (C=S) groups is 1. The maximum atomic E-state index is 11.1. The third kappa shape index (κ3) is 5.38. The Morgan fingerprint density at radius 3 is 2.52 bits per heavy atom. The molecule has 2 rings (SSSR count). The predicted molar refractivity (Wildman–Crippen MR) is 97.4 cm³/mol. The zero-order valence-electron chi connectivity index (χ0n) is 11.9. The number of carbonyl (C=O) groups is 1. The van der Waals surface area contributed by atoms with Gasteiger partial charge in [0.2, 0.25) is 0 Å². The number of amides is 1. The fraction of sp³-hybridized carbons (Fsp3) is 0.0667. The molecule has 0 bridgehead atoms. The van der Waals surface area contributed by atoms with E-state index in [0.29, 0.717) is 22.2 Å². The first-order chi connectivity index (χ1) is 11.0. The van der Waals surface area contributed by atoms with E-state index in [-0.39, 0.29) is 5.11 Å². The Hall–Kier alpha value is -1.83. The fourth-order valence-electron chi connectivity index (χ4n) is 1.60. The van der Waals surface area contributed by atoms with Crippen LogP contribution in [0.25, 0.3) is 0 Å². The van der Waals surface area contributed by atoms with Gasteiger partial charge >= 0.3 is 6.09 Å². The molecule has 1 amide bonds. The van der Waals surface area contributed by atoms with Crippen molar-refractivity contribution in [1.29, 1.82) is 0 Å². The van der Waals surface area contributed by atoms with Gasteiger partial charge in [-0.1, -0.05) is 27.5 Å². The summed E-state index contributed by atoms with van der Waals surface area (Å²) < 4.78 is 11.1. The zero-order valence-corrected chi connectivity index (χ0v) is 15.1. The van der Waals surface area contributed by atoms with Crippen LogP contribution in [0, 0.1) is 0 Å². The molecule has 0 aliphatic carbocycles. The molecule has 23 heavy (non-hydrogen) atoms. The summed E-state index contributed by atoms with van der Waals surface area (Å²) in [5, 5.41) is 5.67. The van der Waals surface area contributed by atoms with Crippen LogP contribution in [0.1, 0.15) is 0 Å². The molecule has 2 aromatic rings. The molecule has 5 nitrogen and oxygen atoms in total. The van der Waals surface area contributed by atoms with Crippen LogP contribution in [-0.4, -0.2) is 18.3 Å². The Balaban J connectivity index is 2.04. The van der Waals surface area contributed by atoms with E-state index in [9.17, 15) is 4.79 Å². The lowest BCUT2D eigenvalue weighted by Gasteiger charge is -2.11. The van der Waals surface area contributed by atoms with Crippen molar-refractivity contribution in [2.75, 3.05) is 12.4 Å². The molecule has 0 aromatic heterocycles. The SMILES string of the molecule is COC(=O)NC(=S)Nc1ccc(Oc2ccc(Br)cc2)c(Cl)c1. The van der Waals surface area contributed by atoms with Crippen molar-refractivity contribution >= 4 is 56.6 Å². The van der Waals surface area contributed by atoms with Crippen LogP contribution in [0.3, 0.4) is 0 Å². The van der Waals surface area contributed by atoms with E-state index in [2.05, 4.69) is 31.3 Å². The highest BCUT2D eigenvalue weighted by molar-refractivity contribution is 9.10. The highest BCUT2D eigenvalue weighted by Gasteiger charge is 2.07. The molecule has 0 heterocycles. The number of ether oxygens (including phenoxy) is 2. The summed E-state index contributed by atoms with van der Waals surface area (Å²) in [5.74, 6) is 1.17. The number of anilines is 1. The summed E-state index contributed by atoms with van der Waals surface area (Å²) in [5.41, 5.74) is 0.611. The van der Waals surface area contributed by atoms with Gasteiger partial charge in [0.1, 0.15) is 11.5 Å². The van der Waals surface area contributed by atoms with Crippen molar-refractivity contribution in [3.05, 3.63) is 52.0 Å². The minimum atomic E-state index is -0.649. The molecule has 0 spiro atoms. The van der Waals surface area contributed by atoms with Gasteiger partial charge in [-0.05, 0) is 54.7 Å². The summed E-state index contributed by atoms with van der Waals surface area (Å²) in [6.07, 6.45) is -0.649. The number of carbonyl (C=O) groups excluding carboxylic acids is 1. The molecule has 0 atom stereocenters. The van der Waals surface area contributed by atoms with E-state index < -0.39 is 6.09 Å². The molecular weight excluding hydrogens is 404 g/mol. The van der Waals surface area contributed by atoms with Gasteiger partial charge in [0, 0.05) is 10.2 Å². The number of rotatable bonds is 3. The smallest absolute Gasteiger partial charge is 0.413 e. The van der Waals surface area contributed by atoms with E-state index in [0.717, 1.165) is 4.47 Å². The van der Waals surface area contributed by atoms with Crippen LogP contribution in [0.2, 0.25) is 5.02 Å². The van der Waals surface area contributed by atoms with Crippen LogP contribution >= 0.6 is 39.7 Å². The second-order valence-electron chi connectivity index (χ2n) is 4.27. The average Bonchev–Trinajstić information content (AvgIpc) is 2.51. The number of nitrogens with one attached hydrogen (secondary N) is 2. The minimum Gasteiger partial charge on any atom is -0.456 e. The van der Waals surface area contributed by atoms with Crippen molar-refractivity contribution in [2.24, 2.45) is 0 Å². The van der Waals surface area contributed by atoms with Gasteiger partial charge in [-0.2, -0.15) is 0 Å². The van der Waals surface area contributed by atoms with E-state index in [4.69, 9.17) is 28.6 Å². The maximum absolute atomic E-state index is 11.1. The second kappa shape index (κ2) is 8.14. The Morgan fingerprint density at radius 1 is 1.22 bits per heavy atom.